The van der Waals surface area contributed by atoms with Crippen molar-refractivity contribution in [1.82, 2.24) is 0 Å². The van der Waals surface area contributed by atoms with Crippen LogP contribution in [0, 0.1) is 0 Å². The van der Waals surface area contributed by atoms with E-state index in [0.29, 0.717) is 47.2 Å². The summed E-state index contributed by atoms with van der Waals surface area (Å²) in [5.74, 6) is 1.33. The van der Waals surface area contributed by atoms with Crippen molar-refractivity contribution in [1.29, 1.82) is 0 Å². The van der Waals surface area contributed by atoms with E-state index in [1.807, 2.05) is 88.8 Å². The molecule has 10 heteroatoms. The number of Topliss-reactive ketones (excluding diaryl/α,β-unsaturated/α-hetero) is 1. The Morgan fingerprint density at radius 3 is 2.09 bits per heavy atom. The quantitative estimate of drug-likeness (QED) is 0.192. The topological polar surface area (TPSA) is 66.8 Å². The highest BCUT2D eigenvalue weighted by molar-refractivity contribution is 6.44. The molecule has 8 nitrogen and oxygen atoms in total. The Morgan fingerprint density at radius 1 is 0.841 bits per heavy atom. The molecule has 0 spiro atoms. The summed E-state index contributed by atoms with van der Waals surface area (Å²) in [6.07, 6.45) is -0.497. The van der Waals surface area contributed by atoms with Gasteiger partial charge in [-0.3, -0.25) is 9.69 Å². The summed E-state index contributed by atoms with van der Waals surface area (Å²) in [6, 6.07) is 28.9. The fraction of sp³-hybridized carbons (Fsp3) is 0.235. The first-order valence-electron chi connectivity index (χ1n) is 14.3. The second-order valence-electron chi connectivity index (χ2n) is 10.5. The maximum atomic E-state index is 13.1. The number of halogens is 2. The Kier molecular flexibility index (Phi) is 8.93. The number of benzene rings is 4. The van der Waals surface area contributed by atoms with Crippen LogP contribution in [0.3, 0.4) is 0 Å². The standard InChI is InChI=1S/C34H32Cl2N4O4/c1-23(41)33-37-40(30-10-8-27(36)9-11-30)34(39(33)29-14-12-28(13-15-29)38-17-19-43-20-18-38)25-5-16-31(32(21-25)42-2)44-22-24-3-6-26(35)7-4-24/h3-16,21,34H,17-20,22H2,1-2H3/t34-/m1/s1. The van der Waals surface area contributed by atoms with Crippen LogP contribution in [0.25, 0.3) is 0 Å². The minimum atomic E-state index is -0.497. The summed E-state index contributed by atoms with van der Waals surface area (Å²) < 4.78 is 17.4. The van der Waals surface area contributed by atoms with Crippen molar-refractivity contribution in [3.8, 4) is 11.5 Å². The number of ketones is 1. The molecule has 0 saturated carbocycles. The summed E-state index contributed by atoms with van der Waals surface area (Å²) >= 11 is 12.3. The van der Waals surface area contributed by atoms with Crippen molar-refractivity contribution < 1.29 is 19.0 Å². The maximum absolute atomic E-state index is 13.1. The van der Waals surface area contributed by atoms with E-state index < -0.39 is 6.17 Å². The molecule has 6 rings (SSSR count). The summed E-state index contributed by atoms with van der Waals surface area (Å²) in [7, 11) is 1.61. The predicted molar refractivity (Wildman–Crippen MR) is 176 cm³/mol. The molecule has 226 valence electrons. The lowest BCUT2D eigenvalue weighted by molar-refractivity contribution is -0.111. The van der Waals surface area contributed by atoms with E-state index in [1.165, 1.54) is 6.92 Å². The highest BCUT2D eigenvalue weighted by Gasteiger charge is 2.39. The zero-order valence-corrected chi connectivity index (χ0v) is 26.0. The van der Waals surface area contributed by atoms with E-state index in [4.69, 9.17) is 42.5 Å². The van der Waals surface area contributed by atoms with Crippen molar-refractivity contribution in [2.24, 2.45) is 5.10 Å². The molecule has 44 heavy (non-hydrogen) atoms. The fourth-order valence-electron chi connectivity index (χ4n) is 5.37. The van der Waals surface area contributed by atoms with E-state index in [2.05, 4.69) is 17.0 Å². The van der Waals surface area contributed by atoms with E-state index in [1.54, 1.807) is 7.11 Å². The molecule has 2 aliphatic heterocycles. The van der Waals surface area contributed by atoms with E-state index in [9.17, 15) is 4.79 Å². The van der Waals surface area contributed by atoms with Crippen LogP contribution in [0.15, 0.2) is 96.1 Å². The molecule has 0 radical (unpaired) electrons. The molecular weight excluding hydrogens is 599 g/mol. The molecule has 1 atom stereocenters. The van der Waals surface area contributed by atoms with Crippen molar-refractivity contribution in [2.75, 3.05) is 48.2 Å². The van der Waals surface area contributed by atoms with Gasteiger partial charge < -0.3 is 19.1 Å². The normalized spacial score (nSPS) is 16.6. The molecule has 4 aromatic carbocycles. The third kappa shape index (κ3) is 6.33. The number of hydrazone groups is 1. The van der Waals surface area contributed by atoms with Crippen molar-refractivity contribution >= 4 is 51.9 Å². The van der Waals surface area contributed by atoms with Crippen molar-refractivity contribution in [2.45, 2.75) is 19.7 Å². The number of ether oxygens (including phenoxy) is 3. The Labute approximate surface area is 266 Å². The Balaban J connectivity index is 1.37. The minimum absolute atomic E-state index is 0.154. The first-order chi connectivity index (χ1) is 21.4. The molecule has 2 aliphatic rings. The molecule has 1 fully saturated rings. The number of carbonyl (C=O) groups is 1. The number of anilines is 3. The van der Waals surface area contributed by atoms with Gasteiger partial charge in [-0.2, -0.15) is 0 Å². The summed E-state index contributed by atoms with van der Waals surface area (Å²) in [4.78, 5) is 17.3. The zero-order chi connectivity index (χ0) is 30.6. The van der Waals surface area contributed by atoms with Gasteiger partial charge in [0.15, 0.2) is 29.3 Å². The lowest BCUT2D eigenvalue weighted by atomic mass is 10.1. The van der Waals surface area contributed by atoms with Crippen molar-refractivity contribution in [3.05, 3.63) is 112 Å². The number of nitrogens with zero attached hydrogens (tertiary/aromatic N) is 4. The van der Waals surface area contributed by atoms with Crippen LogP contribution in [-0.2, 0) is 16.1 Å². The highest BCUT2D eigenvalue weighted by Crippen LogP contribution is 2.42. The molecule has 0 aromatic heterocycles. The average Bonchev–Trinajstić information content (AvgIpc) is 3.46. The number of carbonyl (C=O) groups excluding carboxylic acids is 1. The predicted octanol–water partition coefficient (Wildman–Crippen LogP) is 7.35. The summed E-state index contributed by atoms with van der Waals surface area (Å²) in [5, 5.41) is 7.97. The van der Waals surface area contributed by atoms with E-state index in [0.717, 1.165) is 41.3 Å². The number of hydrogen-bond acceptors (Lipinski definition) is 8. The lowest BCUT2D eigenvalue weighted by Gasteiger charge is -2.33. The molecule has 0 aliphatic carbocycles. The zero-order valence-electron chi connectivity index (χ0n) is 24.5. The van der Waals surface area contributed by atoms with Crippen molar-refractivity contribution in [3.63, 3.8) is 0 Å². The van der Waals surface area contributed by atoms with Gasteiger partial charge >= 0.3 is 0 Å². The maximum Gasteiger partial charge on any atom is 0.198 e. The lowest BCUT2D eigenvalue weighted by Crippen LogP contribution is -2.38. The number of methoxy groups -OCH3 is 1. The molecule has 0 unspecified atom stereocenters. The number of amidine groups is 1. The Morgan fingerprint density at radius 2 is 1.45 bits per heavy atom. The molecule has 0 bridgehead atoms. The number of rotatable bonds is 9. The fourth-order valence-corrected chi connectivity index (χ4v) is 5.62. The molecular formula is C34H32Cl2N4O4. The van der Waals surface area contributed by atoms with Gasteiger partial charge in [0.1, 0.15) is 6.61 Å². The van der Waals surface area contributed by atoms with E-state index >= 15 is 0 Å². The van der Waals surface area contributed by atoms with Crippen LogP contribution >= 0.6 is 23.2 Å². The van der Waals surface area contributed by atoms with Gasteiger partial charge in [-0.1, -0.05) is 41.4 Å². The van der Waals surface area contributed by atoms with Gasteiger partial charge in [-0.15, -0.1) is 5.10 Å². The molecule has 2 heterocycles. The van der Waals surface area contributed by atoms with Crippen LogP contribution in [0.2, 0.25) is 10.0 Å². The van der Waals surface area contributed by atoms with Gasteiger partial charge in [0, 0.05) is 47.0 Å². The highest BCUT2D eigenvalue weighted by atomic mass is 35.5. The molecule has 4 aromatic rings. The van der Waals surface area contributed by atoms with Crippen LogP contribution in [-0.4, -0.2) is 45.0 Å². The summed E-state index contributed by atoms with van der Waals surface area (Å²) in [6.45, 7) is 4.96. The van der Waals surface area contributed by atoms with Gasteiger partial charge in [-0.25, -0.2) is 5.01 Å². The second kappa shape index (κ2) is 13.2. The number of morpholine rings is 1. The van der Waals surface area contributed by atoms with Crippen LogP contribution < -0.4 is 24.3 Å². The van der Waals surface area contributed by atoms with E-state index in [-0.39, 0.29) is 5.78 Å². The second-order valence-corrected chi connectivity index (χ2v) is 11.4. The summed E-state index contributed by atoms with van der Waals surface area (Å²) in [5.41, 5.74) is 4.56. The first kappa shape index (κ1) is 29.8. The largest absolute Gasteiger partial charge is 0.493 e. The Hall–Kier alpha value is -4.24. The third-order valence-electron chi connectivity index (χ3n) is 7.61. The SMILES string of the molecule is COc1cc([C@H]2N(c3ccc(Cl)cc3)N=C(C(C)=O)N2c2ccc(N3CCOCC3)cc2)ccc1OCc1ccc(Cl)cc1. The van der Waals surface area contributed by atoms with Crippen LogP contribution in [0.4, 0.5) is 17.1 Å². The number of hydrogen-bond donors (Lipinski definition) is 0. The first-order valence-corrected chi connectivity index (χ1v) is 15.1. The van der Waals surface area contributed by atoms with Crippen LogP contribution in [0.5, 0.6) is 11.5 Å². The van der Waals surface area contributed by atoms with Gasteiger partial charge in [0.2, 0.25) is 0 Å². The average molecular weight is 632 g/mol. The minimum Gasteiger partial charge on any atom is -0.493 e. The molecule has 0 amide bonds. The van der Waals surface area contributed by atoms with Gasteiger partial charge in [0.05, 0.1) is 26.0 Å². The van der Waals surface area contributed by atoms with Gasteiger partial charge in [-0.05, 0) is 78.4 Å². The van der Waals surface area contributed by atoms with Crippen LogP contribution in [0.1, 0.15) is 24.2 Å². The third-order valence-corrected chi connectivity index (χ3v) is 8.11. The molecule has 1 saturated heterocycles. The van der Waals surface area contributed by atoms with Gasteiger partial charge in [0.25, 0.3) is 0 Å². The Bertz CT molecular complexity index is 1640. The molecule has 0 N–H and O–H groups in total. The monoisotopic (exact) mass is 630 g/mol. The smallest absolute Gasteiger partial charge is 0.198 e.